The zero-order valence-corrected chi connectivity index (χ0v) is 22.0. The highest BCUT2D eigenvalue weighted by atomic mass is 79.9. The average Bonchev–Trinajstić information content (AvgIpc) is 2.77. The number of halogens is 1. The summed E-state index contributed by atoms with van der Waals surface area (Å²) in [4.78, 5) is 2.79. The number of benzene rings is 1. The van der Waals surface area contributed by atoms with Crippen LogP contribution in [0.2, 0.25) is 0 Å². The van der Waals surface area contributed by atoms with Crippen LogP contribution in [0.1, 0.15) is 71.1 Å². The first kappa shape index (κ1) is 26.8. The molecule has 1 aliphatic carbocycles. The molecule has 0 bridgehead atoms. The molecule has 1 aromatic carbocycles. The first-order valence-electron chi connectivity index (χ1n) is 11.9. The van der Waals surface area contributed by atoms with E-state index >= 15 is 0 Å². The summed E-state index contributed by atoms with van der Waals surface area (Å²) in [6.45, 7) is 5.47. The van der Waals surface area contributed by atoms with Crippen LogP contribution in [0, 0.1) is 0 Å². The van der Waals surface area contributed by atoms with Gasteiger partial charge in [0, 0.05) is 24.2 Å². The summed E-state index contributed by atoms with van der Waals surface area (Å²) < 4.78 is 34.3. The zero-order valence-electron chi connectivity index (χ0n) is 19.6. The molecule has 0 spiro atoms. The monoisotopic (exact) mass is 516 g/mol. The number of ether oxygens (including phenoxy) is 1. The van der Waals surface area contributed by atoms with Gasteiger partial charge in [0.2, 0.25) is 10.0 Å². The normalized spacial score (nSPS) is 19.9. The zero-order chi connectivity index (χ0) is 22.7. The van der Waals surface area contributed by atoms with E-state index in [1.807, 2.05) is 0 Å². The van der Waals surface area contributed by atoms with Crippen LogP contribution in [0.3, 0.4) is 0 Å². The summed E-state index contributed by atoms with van der Waals surface area (Å²) in [7, 11) is 0.484. The van der Waals surface area contributed by atoms with Gasteiger partial charge in [-0.25, -0.2) is 8.42 Å². The van der Waals surface area contributed by atoms with Crippen LogP contribution in [-0.4, -0.2) is 63.6 Å². The lowest BCUT2D eigenvalue weighted by Gasteiger charge is -2.34. The molecule has 0 unspecified atom stereocenters. The molecule has 1 aromatic rings. The number of nitrogens with zero attached hydrogens (tertiary/aromatic N) is 2. The minimum absolute atomic E-state index is 0.0539. The molecule has 0 saturated heterocycles. The predicted octanol–water partition coefficient (Wildman–Crippen LogP) is 5.69. The first-order chi connectivity index (χ1) is 14.8. The number of unbranched alkanes of at least 4 members (excludes halogenated alkanes) is 4. The minimum atomic E-state index is -3.45. The fourth-order valence-electron chi connectivity index (χ4n) is 4.17. The SMILES string of the molecule is CCCCN(C)CCCCCCO[C@H]1CC[C@H](N(C)S(=O)(=O)c2ccc(Br)cc2)CC1. The molecule has 7 heteroatoms. The van der Waals surface area contributed by atoms with Crippen molar-refractivity contribution in [2.75, 3.05) is 33.8 Å². The maximum atomic E-state index is 12.9. The van der Waals surface area contributed by atoms with Gasteiger partial charge in [0.05, 0.1) is 11.0 Å². The van der Waals surface area contributed by atoms with Crippen LogP contribution >= 0.6 is 15.9 Å². The van der Waals surface area contributed by atoms with Gasteiger partial charge in [0.25, 0.3) is 0 Å². The molecule has 1 saturated carbocycles. The summed E-state index contributed by atoms with van der Waals surface area (Å²) in [5, 5.41) is 0. The maximum absolute atomic E-state index is 12.9. The van der Waals surface area contributed by atoms with Crippen LogP contribution < -0.4 is 0 Å². The average molecular weight is 518 g/mol. The molecule has 0 heterocycles. The topological polar surface area (TPSA) is 49.9 Å². The molecule has 31 heavy (non-hydrogen) atoms. The Labute approximate surface area is 198 Å². The van der Waals surface area contributed by atoms with E-state index in [-0.39, 0.29) is 12.1 Å². The van der Waals surface area contributed by atoms with Crippen molar-refractivity contribution in [1.29, 1.82) is 0 Å². The summed E-state index contributed by atoms with van der Waals surface area (Å²) in [6, 6.07) is 6.92. The number of hydrogen-bond acceptors (Lipinski definition) is 4. The Morgan fingerprint density at radius 3 is 2.19 bits per heavy atom. The Balaban J connectivity index is 1.60. The van der Waals surface area contributed by atoms with Crippen LogP contribution in [-0.2, 0) is 14.8 Å². The minimum Gasteiger partial charge on any atom is -0.378 e. The molecule has 1 fully saturated rings. The van der Waals surface area contributed by atoms with E-state index in [0.29, 0.717) is 4.90 Å². The molecule has 0 atom stereocenters. The van der Waals surface area contributed by atoms with E-state index in [4.69, 9.17) is 4.74 Å². The van der Waals surface area contributed by atoms with Gasteiger partial charge >= 0.3 is 0 Å². The Morgan fingerprint density at radius 2 is 1.55 bits per heavy atom. The molecule has 178 valence electrons. The third-order valence-electron chi connectivity index (χ3n) is 6.33. The lowest BCUT2D eigenvalue weighted by Crippen LogP contribution is -2.40. The summed E-state index contributed by atoms with van der Waals surface area (Å²) in [6.07, 6.45) is 11.3. The van der Waals surface area contributed by atoms with Crippen molar-refractivity contribution in [2.45, 2.75) is 88.2 Å². The van der Waals surface area contributed by atoms with Gasteiger partial charge < -0.3 is 9.64 Å². The molecule has 0 amide bonds. The van der Waals surface area contributed by atoms with Crippen molar-refractivity contribution in [3.05, 3.63) is 28.7 Å². The Bertz CT molecular complexity index is 719. The standard InChI is InChI=1S/C24H41BrN2O3S/c1-4-5-18-26(2)19-8-6-7-9-20-30-23-14-12-22(13-15-23)27(3)31(28,29)24-16-10-21(25)11-17-24/h10-11,16-17,22-23H,4-9,12-15,18-20H2,1-3H3/t22-,23-. The first-order valence-corrected chi connectivity index (χ1v) is 14.1. The fourth-order valence-corrected chi connectivity index (χ4v) is 5.85. The highest BCUT2D eigenvalue weighted by Crippen LogP contribution is 2.28. The molecular weight excluding hydrogens is 476 g/mol. The van der Waals surface area contributed by atoms with Gasteiger partial charge in [-0.3, -0.25) is 0 Å². The van der Waals surface area contributed by atoms with Crippen LogP contribution in [0.25, 0.3) is 0 Å². The second-order valence-corrected chi connectivity index (χ2v) is 11.8. The second kappa shape index (κ2) is 13.9. The van der Waals surface area contributed by atoms with Crippen molar-refractivity contribution in [1.82, 2.24) is 9.21 Å². The van der Waals surface area contributed by atoms with E-state index in [9.17, 15) is 8.42 Å². The smallest absolute Gasteiger partial charge is 0.243 e. The third kappa shape index (κ3) is 9.12. The van der Waals surface area contributed by atoms with E-state index in [1.165, 1.54) is 45.2 Å². The van der Waals surface area contributed by atoms with Gasteiger partial charge in [-0.05, 0) is 89.3 Å². The molecule has 0 N–H and O–H groups in total. The molecule has 1 aliphatic rings. The van der Waals surface area contributed by atoms with Crippen molar-refractivity contribution < 1.29 is 13.2 Å². The van der Waals surface area contributed by atoms with Gasteiger partial charge in [-0.2, -0.15) is 4.31 Å². The fraction of sp³-hybridized carbons (Fsp3) is 0.750. The maximum Gasteiger partial charge on any atom is 0.243 e. The third-order valence-corrected chi connectivity index (χ3v) is 8.78. The van der Waals surface area contributed by atoms with E-state index in [0.717, 1.165) is 43.2 Å². The number of hydrogen-bond donors (Lipinski definition) is 0. The van der Waals surface area contributed by atoms with Gasteiger partial charge in [0.15, 0.2) is 0 Å². The summed E-state index contributed by atoms with van der Waals surface area (Å²) in [5.74, 6) is 0. The van der Waals surface area contributed by atoms with E-state index in [2.05, 4.69) is 34.8 Å². The van der Waals surface area contributed by atoms with Gasteiger partial charge in [0.1, 0.15) is 0 Å². The largest absolute Gasteiger partial charge is 0.378 e. The predicted molar refractivity (Wildman–Crippen MR) is 132 cm³/mol. The van der Waals surface area contributed by atoms with Crippen molar-refractivity contribution in [2.24, 2.45) is 0 Å². The summed E-state index contributed by atoms with van der Waals surface area (Å²) in [5.41, 5.74) is 0. The van der Waals surface area contributed by atoms with Crippen molar-refractivity contribution >= 4 is 26.0 Å². The molecule has 0 aromatic heterocycles. The quantitative estimate of drug-likeness (QED) is 0.298. The Morgan fingerprint density at radius 1 is 0.935 bits per heavy atom. The van der Waals surface area contributed by atoms with Gasteiger partial charge in [-0.1, -0.05) is 42.1 Å². The molecule has 0 aliphatic heterocycles. The number of sulfonamides is 1. The lowest BCUT2D eigenvalue weighted by atomic mass is 9.93. The molecule has 5 nitrogen and oxygen atoms in total. The van der Waals surface area contributed by atoms with E-state index in [1.54, 1.807) is 35.6 Å². The van der Waals surface area contributed by atoms with Crippen LogP contribution in [0.15, 0.2) is 33.6 Å². The molecular formula is C24H41BrN2O3S. The van der Waals surface area contributed by atoms with E-state index < -0.39 is 10.0 Å². The van der Waals surface area contributed by atoms with Gasteiger partial charge in [-0.15, -0.1) is 0 Å². The van der Waals surface area contributed by atoms with Crippen molar-refractivity contribution in [3.8, 4) is 0 Å². The molecule has 2 rings (SSSR count). The van der Waals surface area contributed by atoms with Crippen LogP contribution in [0.5, 0.6) is 0 Å². The highest BCUT2D eigenvalue weighted by molar-refractivity contribution is 9.10. The Hall–Kier alpha value is -0.470. The van der Waals surface area contributed by atoms with Crippen LogP contribution in [0.4, 0.5) is 0 Å². The highest BCUT2D eigenvalue weighted by Gasteiger charge is 2.31. The van der Waals surface area contributed by atoms with Crippen molar-refractivity contribution in [3.63, 3.8) is 0 Å². The Kier molecular flexibility index (Phi) is 12.0. The number of rotatable bonds is 14. The second-order valence-electron chi connectivity index (χ2n) is 8.85. The lowest BCUT2D eigenvalue weighted by molar-refractivity contribution is 0.0156. The molecule has 0 radical (unpaired) electrons. The summed E-state index contributed by atoms with van der Waals surface area (Å²) >= 11 is 3.36.